The molecule has 1 fully saturated rings. The first-order chi connectivity index (χ1) is 7.40. The zero-order chi connectivity index (χ0) is 10.5. The summed E-state index contributed by atoms with van der Waals surface area (Å²) < 4.78 is 5.21. The zero-order valence-corrected chi connectivity index (χ0v) is 9.15. The van der Waals surface area contributed by atoms with Crippen LogP contribution in [0.1, 0.15) is 17.9 Å². The summed E-state index contributed by atoms with van der Waals surface area (Å²) in [5.74, 6) is 1.31. The van der Waals surface area contributed by atoms with E-state index in [2.05, 4.69) is 16.4 Å². The van der Waals surface area contributed by atoms with Gasteiger partial charge in [0, 0.05) is 24.9 Å². The molecule has 0 radical (unpaired) electrons. The van der Waals surface area contributed by atoms with Gasteiger partial charge in [0.25, 0.3) is 0 Å². The highest BCUT2D eigenvalue weighted by Gasteiger charge is 2.23. The normalized spacial score (nSPS) is 18.5. The first-order valence-corrected chi connectivity index (χ1v) is 5.52. The number of nitrogens with zero attached hydrogens (tertiary/aromatic N) is 1. The van der Waals surface area contributed by atoms with Crippen molar-refractivity contribution in [2.24, 2.45) is 5.92 Å². The number of pyridine rings is 1. The lowest BCUT2D eigenvalue weighted by Crippen LogP contribution is -2.31. The van der Waals surface area contributed by atoms with Crippen LogP contribution < -0.4 is 5.32 Å². The molecule has 1 aliphatic rings. The van der Waals surface area contributed by atoms with Crippen molar-refractivity contribution >= 4 is 0 Å². The van der Waals surface area contributed by atoms with Crippen LogP contribution in [0.2, 0.25) is 0 Å². The molecule has 3 heteroatoms. The highest BCUT2D eigenvalue weighted by Crippen LogP contribution is 2.26. The Hall–Kier alpha value is -0.930. The Balaban J connectivity index is 1.98. The molecule has 1 saturated heterocycles. The van der Waals surface area contributed by atoms with Crippen LogP contribution in [0.4, 0.5) is 0 Å². The second kappa shape index (κ2) is 5.24. The van der Waals surface area contributed by atoms with Crippen molar-refractivity contribution in [3.8, 4) is 0 Å². The number of ether oxygens (including phenoxy) is 1. The molecule has 0 amide bonds. The molecule has 15 heavy (non-hydrogen) atoms. The van der Waals surface area contributed by atoms with Gasteiger partial charge in [-0.3, -0.25) is 4.98 Å². The van der Waals surface area contributed by atoms with Crippen molar-refractivity contribution in [3.63, 3.8) is 0 Å². The average molecular weight is 206 g/mol. The van der Waals surface area contributed by atoms with Gasteiger partial charge in [-0.1, -0.05) is 6.07 Å². The van der Waals surface area contributed by atoms with E-state index in [-0.39, 0.29) is 0 Å². The molecular weight excluding hydrogens is 188 g/mol. The van der Waals surface area contributed by atoms with Gasteiger partial charge in [-0.2, -0.15) is 0 Å². The van der Waals surface area contributed by atoms with Crippen LogP contribution in [0.3, 0.4) is 0 Å². The lowest BCUT2D eigenvalue weighted by Gasteiger charge is -2.30. The molecule has 2 heterocycles. The highest BCUT2D eigenvalue weighted by molar-refractivity contribution is 5.15. The van der Waals surface area contributed by atoms with Crippen molar-refractivity contribution < 1.29 is 4.74 Å². The van der Waals surface area contributed by atoms with Gasteiger partial charge in [-0.05, 0) is 31.0 Å². The summed E-state index contributed by atoms with van der Waals surface area (Å²) in [5.41, 5.74) is 1.33. The molecule has 0 aromatic carbocycles. The second-order valence-corrected chi connectivity index (χ2v) is 4.18. The number of aromatic nitrogens is 1. The summed E-state index contributed by atoms with van der Waals surface area (Å²) >= 11 is 0. The Kier molecular flexibility index (Phi) is 3.69. The molecule has 1 aromatic heterocycles. The number of hydrogen-bond acceptors (Lipinski definition) is 3. The van der Waals surface area contributed by atoms with Crippen LogP contribution in [0, 0.1) is 5.92 Å². The fourth-order valence-corrected chi connectivity index (χ4v) is 2.02. The summed E-state index contributed by atoms with van der Waals surface area (Å²) in [6.45, 7) is 2.88. The maximum absolute atomic E-state index is 5.21. The minimum absolute atomic E-state index is 0.567. The van der Waals surface area contributed by atoms with E-state index in [1.807, 2.05) is 25.5 Å². The summed E-state index contributed by atoms with van der Waals surface area (Å²) in [7, 11) is 2.00. The third-order valence-corrected chi connectivity index (χ3v) is 2.93. The van der Waals surface area contributed by atoms with Crippen molar-refractivity contribution in [2.45, 2.75) is 12.3 Å². The summed E-state index contributed by atoms with van der Waals surface area (Å²) in [4.78, 5) is 4.18. The van der Waals surface area contributed by atoms with Gasteiger partial charge in [0.05, 0.1) is 13.2 Å². The molecular formula is C12H18N2O. The predicted molar refractivity (Wildman–Crippen MR) is 59.8 cm³/mol. The molecule has 0 spiro atoms. The van der Waals surface area contributed by atoms with Gasteiger partial charge in [0.2, 0.25) is 0 Å². The average Bonchev–Trinajstić information content (AvgIpc) is 2.23. The Morgan fingerprint density at radius 1 is 1.60 bits per heavy atom. The van der Waals surface area contributed by atoms with Crippen LogP contribution >= 0.6 is 0 Å². The van der Waals surface area contributed by atoms with Crippen LogP contribution in [-0.4, -0.2) is 31.8 Å². The van der Waals surface area contributed by atoms with Gasteiger partial charge in [0.15, 0.2) is 0 Å². The SMILES string of the molecule is CNCC(CC1COC1)c1cccnc1. The fourth-order valence-electron chi connectivity index (χ4n) is 2.02. The summed E-state index contributed by atoms with van der Waals surface area (Å²) in [6.07, 6.45) is 5.00. The standard InChI is InChI=1S/C12H18N2O/c1-13-6-12(5-10-8-15-9-10)11-3-2-4-14-7-11/h2-4,7,10,12-13H,5-6,8-9H2,1H3. The first kappa shape index (κ1) is 10.6. The van der Waals surface area contributed by atoms with Crippen molar-refractivity contribution in [1.29, 1.82) is 0 Å². The van der Waals surface area contributed by atoms with E-state index in [4.69, 9.17) is 4.74 Å². The van der Waals surface area contributed by atoms with Crippen LogP contribution in [0.25, 0.3) is 0 Å². The highest BCUT2D eigenvalue weighted by atomic mass is 16.5. The maximum atomic E-state index is 5.21. The predicted octanol–water partition coefficient (Wildman–Crippen LogP) is 1.42. The minimum Gasteiger partial charge on any atom is -0.381 e. The lowest BCUT2D eigenvalue weighted by molar-refractivity contribution is -0.0384. The van der Waals surface area contributed by atoms with E-state index < -0.39 is 0 Å². The molecule has 1 aromatic rings. The smallest absolute Gasteiger partial charge is 0.0516 e. The number of hydrogen-bond donors (Lipinski definition) is 1. The van der Waals surface area contributed by atoms with Crippen LogP contribution in [-0.2, 0) is 4.74 Å². The molecule has 1 N–H and O–H groups in total. The second-order valence-electron chi connectivity index (χ2n) is 4.18. The topological polar surface area (TPSA) is 34.1 Å². The number of likely N-dealkylation sites (N-methyl/N-ethyl adjacent to an activating group) is 1. The van der Waals surface area contributed by atoms with Crippen LogP contribution in [0.5, 0.6) is 0 Å². The largest absolute Gasteiger partial charge is 0.381 e. The zero-order valence-electron chi connectivity index (χ0n) is 9.15. The van der Waals surface area contributed by atoms with Gasteiger partial charge in [-0.15, -0.1) is 0 Å². The van der Waals surface area contributed by atoms with E-state index in [1.165, 1.54) is 12.0 Å². The van der Waals surface area contributed by atoms with Crippen molar-refractivity contribution in [2.75, 3.05) is 26.8 Å². The van der Waals surface area contributed by atoms with Crippen molar-refractivity contribution in [1.82, 2.24) is 10.3 Å². The Morgan fingerprint density at radius 2 is 2.47 bits per heavy atom. The molecule has 0 bridgehead atoms. The Bertz CT molecular complexity index is 285. The van der Waals surface area contributed by atoms with E-state index in [9.17, 15) is 0 Å². The minimum atomic E-state index is 0.567. The number of rotatable bonds is 5. The molecule has 1 unspecified atom stereocenters. The number of nitrogens with one attached hydrogen (secondary N) is 1. The molecule has 1 aliphatic heterocycles. The maximum Gasteiger partial charge on any atom is 0.0516 e. The van der Waals surface area contributed by atoms with Gasteiger partial charge >= 0.3 is 0 Å². The van der Waals surface area contributed by atoms with E-state index in [1.54, 1.807) is 0 Å². The van der Waals surface area contributed by atoms with Crippen LogP contribution in [0.15, 0.2) is 24.5 Å². The summed E-state index contributed by atoms with van der Waals surface area (Å²) in [6, 6.07) is 4.17. The first-order valence-electron chi connectivity index (χ1n) is 5.52. The van der Waals surface area contributed by atoms with Crippen molar-refractivity contribution in [3.05, 3.63) is 30.1 Å². The van der Waals surface area contributed by atoms with Gasteiger partial charge < -0.3 is 10.1 Å². The van der Waals surface area contributed by atoms with Gasteiger partial charge in [0.1, 0.15) is 0 Å². The Labute approximate surface area is 90.9 Å². The molecule has 2 rings (SSSR count). The van der Waals surface area contributed by atoms with E-state index in [0.29, 0.717) is 5.92 Å². The van der Waals surface area contributed by atoms with E-state index >= 15 is 0 Å². The molecule has 3 nitrogen and oxygen atoms in total. The van der Waals surface area contributed by atoms with Gasteiger partial charge in [-0.25, -0.2) is 0 Å². The molecule has 0 aliphatic carbocycles. The lowest BCUT2D eigenvalue weighted by atomic mass is 9.88. The monoisotopic (exact) mass is 206 g/mol. The molecule has 0 saturated carbocycles. The third-order valence-electron chi connectivity index (χ3n) is 2.93. The Morgan fingerprint density at radius 3 is 3.00 bits per heavy atom. The quantitative estimate of drug-likeness (QED) is 0.791. The summed E-state index contributed by atoms with van der Waals surface area (Å²) in [5, 5.41) is 3.25. The fraction of sp³-hybridized carbons (Fsp3) is 0.583. The molecule has 82 valence electrons. The molecule has 1 atom stereocenters. The van der Waals surface area contributed by atoms with E-state index in [0.717, 1.165) is 25.7 Å². The third kappa shape index (κ3) is 2.76.